The minimum Gasteiger partial charge on any atom is -0.462 e. The van der Waals surface area contributed by atoms with E-state index < -0.39 is 5.97 Å². The Hall–Kier alpha value is -2.74. The molecule has 0 amide bonds. The van der Waals surface area contributed by atoms with Gasteiger partial charge in [-0.15, -0.1) is 0 Å². The maximum absolute atomic E-state index is 11.5. The van der Waals surface area contributed by atoms with Gasteiger partial charge in [0, 0.05) is 13.1 Å². The molecule has 1 aliphatic rings. The first-order valence-electron chi connectivity index (χ1n) is 6.58. The highest BCUT2D eigenvalue weighted by molar-refractivity contribution is 5.93. The second-order valence-electron chi connectivity index (χ2n) is 4.55. The van der Waals surface area contributed by atoms with Crippen LogP contribution in [-0.4, -0.2) is 19.6 Å². The van der Waals surface area contributed by atoms with Gasteiger partial charge in [0.25, 0.3) is 0 Å². The number of hydrogen-bond donors (Lipinski definition) is 0. The van der Waals surface area contributed by atoms with E-state index in [1.165, 1.54) is 6.08 Å². The summed E-state index contributed by atoms with van der Waals surface area (Å²) in [5, 5.41) is 8.97. The van der Waals surface area contributed by atoms with Crippen molar-refractivity contribution in [2.45, 2.75) is 13.8 Å². The van der Waals surface area contributed by atoms with Gasteiger partial charge in [0.2, 0.25) is 0 Å². The molecule has 0 spiro atoms. The van der Waals surface area contributed by atoms with Crippen LogP contribution >= 0.6 is 0 Å². The molecule has 1 heterocycles. The van der Waals surface area contributed by atoms with Gasteiger partial charge in [-0.2, -0.15) is 5.26 Å². The zero-order valence-electron chi connectivity index (χ0n) is 12.2. The molecule has 0 atom stereocenters. The Labute approximate surface area is 123 Å². The van der Waals surface area contributed by atoms with Crippen LogP contribution in [0.4, 0.5) is 5.69 Å². The summed E-state index contributed by atoms with van der Waals surface area (Å²) in [7, 11) is 1.86. The molecule has 1 aromatic carbocycles. The number of carbonyl (C=O) groups excluding carboxylic acids is 1. The number of anilines is 1. The number of benzene rings is 1. The zero-order chi connectivity index (χ0) is 15.4. The summed E-state index contributed by atoms with van der Waals surface area (Å²) in [6.45, 7) is 3.93. The molecule has 5 nitrogen and oxygen atoms in total. The molecular formula is C16H16N2O3. The lowest BCUT2D eigenvalue weighted by Gasteiger charge is -2.10. The standard InChI is InChI=1S/C16H16N2O3/c1-4-20-16(19)12(10-17)6-8-15-18(3)13-9-11(2)5-7-14(13)21-15/h5-9H,4H2,1-3H3/b12-6+,15-8-. The molecule has 21 heavy (non-hydrogen) atoms. The van der Waals surface area contributed by atoms with Crippen molar-refractivity contribution in [1.82, 2.24) is 0 Å². The third-order valence-corrected chi connectivity index (χ3v) is 3.03. The molecule has 1 aromatic rings. The lowest BCUT2D eigenvalue weighted by Crippen LogP contribution is -2.13. The first kappa shape index (κ1) is 14.7. The summed E-state index contributed by atoms with van der Waals surface area (Å²) in [5.41, 5.74) is 2.02. The fourth-order valence-electron chi connectivity index (χ4n) is 1.94. The van der Waals surface area contributed by atoms with Crippen molar-refractivity contribution < 1.29 is 14.3 Å². The predicted octanol–water partition coefficient (Wildman–Crippen LogP) is 2.68. The number of nitrogens with zero attached hydrogens (tertiary/aromatic N) is 2. The third kappa shape index (κ3) is 3.06. The van der Waals surface area contributed by atoms with E-state index in [9.17, 15) is 4.79 Å². The fourth-order valence-corrected chi connectivity index (χ4v) is 1.94. The topological polar surface area (TPSA) is 62.6 Å². The maximum Gasteiger partial charge on any atom is 0.348 e. The van der Waals surface area contributed by atoms with E-state index in [1.54, 1.807) is 13.0 Å². The largest absolute Gasteiger partial charge is 0.462 e. The fraction of sp³-hybridized carbons (Fsp3) is 0.250. The SMILES string of the molecule is CCOC(=O)/C(C#N)=C/C=C1\Oc2ccc(C)cc2N1C. The van der Waals surface area contributed by atoms with Gasteiger partial charge >= 0.3 is 5.97 Å². The summed E-state index contributed by atoms with van der Waals surface area (Å²) in [6.07, 6.45) is 2.99. The Bertz CT molecular complexity index is 669. The molecule has 0 aliphatic carbocycles. The molecule has 0 unspecified atom stereocenters. The van der Waals surface area contributed by atoms with E-state index in [0.29, 0.717) is 5.88 Å². The normalized spacial score (nSPS) is 15.4. The van der Waals surface area contributed by atoms with Crippen LogP contribution in [0.5, 0.6) is 5.75 Å². The van der Waals surface area contributed by atoms with Crippen LogP contribution in [0.25, 0.3) is 0 Å². The second kappa shape index (κ2) is 6.14. The van der Waals surface area contributed by atoms with E-state index in [4.69, 9.17) is 14.7 Å². The van der Waals surface area contributed by atoms with E-state index in [2.05, 4.69) is 0 Å². The first-order chi connectivity index (χ1) is 10.1. The number of esters is 1. The molecule has 0 bridgehead atoms. The first-order valence-corrected chi connectivity index (χ1v) is 6.58. The number of fused-ring (bicyclic) bond motifs is 1. The number of rotatable bonds is 3. The van der Waals surface area contributed by atoms with Crippen LogP contribution in [0.3, 0.4) is 0 Å². The average molecular weight is 284 g/mol. The monoisotopic (exact) mass is 284 g/mol. The van der Waals surface area contributed by atoms with E-state index >= 15 is 0 Å². The zero-order valence-corrected chi connectivity index (χ0v) is 12.2. The average Bonchev–Trinajstić information content (AvgIpc) is 2.77. The van der Waals surface area contributed by atoms with Crippen molar-refractivity contribution in [1.29, 1.82) is 5.26 Å². The predicted molar refractivity (Wildman–Crippen MR) is 78.6 cm³/mol. The van der Waals surface area contributed by atoms with Crippen LogP contribution in [0.1, 0.15) is 12.5 Å². The smallest absolute Gasteiger partial charge is 0.348 e. The Kier molecular flexibility index (Phi) is 4.29. The lowest BCUT2D eigenvalue weighted by molar-refractivity contribution is -0.138. The van der Waals surface area contributed by atoms with Crippen LogP contribution in [0.15, 0.2) is 41.8 Å². The molecule has 0 aromatic heterocycles. The molecule has 0 N–H and O–H groups in total. The highest BCUT2D eigenvalue weighted by Crippen LogP contribution is 2.38. The molecule has 108 valence electrons. The quantitative estimate of drug-likeness (QED) is 0.485. The van der Waals surface area contributed by atoms with Gasteiger partial charge in [-0.1, -0.05) is 6.07 Å². The Morgan fingerprint density at radius 1 is 1.52 bits per heavy atom. The van der Waals surface area contributed by atoms with Crippen molar-refractivity contribution in [3.63, 3.8) is 0 Å². The summed E-state index contributed by atoms with van der Waals surface area (Å²) < 4.78 is 10.5. The molecule has 0 saturated carbocycles. The Morgan fingerprint density at radius 3 is 2.95 bits per heavy atom. The molecule has 2 rings (SSSR count). The van der Waals surface area contributed by atoms with Gasteiger partial charge in [0.15, 0.2) is 11.6 Å². The number of allylic oxidation sites excluding steroid dienone is 2. The van der Waals surface area contributed by atoms with E-state index in [-0.39, 0.29) is 12.2 Å². The second-order valence-corrected chi connectivity index (χ2v) is 4.55. The lowest BCUT2D eigenvalue weighted by atomic mass is 10.2. The number of nitriles is 1. The number of carbonyl (C=O) groups is 1. The van der Waals surface area contributed by atoms with Crippen LogP contribution in [-0.2, 0) is 9.53 Å². The number of ether oxygens (including phenoxy) is 2. The van der Waals surface area contributed by atoms with Crippen molar-refractivity contribution >= 4 is 11.7 Å². The van der Waals surface area contributed by atoms with Gasteiger partial charge in [0.05, 0.1) is 12.3 Å². The number of aryl methyl sites for hydroxylation is 1. The highest BCUT2D eigenvalue weighted by atomic mass is 16.5. The molecule has 1 aliphatic heterocycles. The van der Waals surface area contributed by atoms with Gasteiger partial charge in [-0.25, -0.2) is 4.79 Å². The minimum absolute atomic E-state index is 0.0616. The maximum atomic E-state index is 11.5. The summed E-state index contributed by atoms with van der Waals surface area (Å²) in [6, 6.07) is 7.69. The Balaban J connectivity index is 2.24. The van der Waals surface area contributed by atoms with Crippen LogP contribution in [0.2, 0.25) is 0 Å². The van der Waals surface area contributed by atoms with Crippen LogP contribution < -0.4 is 9.64 Å². The Morgan fingerprint density at radius 2 is 2.29 bits per heavy atom. The summed E-state index contributed by atoms with van der Waals surface area (Å²) >= 11 is 0. The van der Waals surface area contributed by atoms with Crippen molar-refractivity contribution in [3.8, 4) is 11.8 Å². The molecule has 5 heteroatoms. The third-order valence-electron chi connectivity index (χ3n) is 3.03. The molecule has 0 fully saturated rings. The van der Waals surface area contributed by atoms with Gasteiger partial charge < -0.3 is 14.4 Å². The summed E-state index contributed by atoms with van der Waals surface area (Å²) in [4.78, 5) is 13.4. The van der Waals surface area contributed by atoms with Crippen molar-refractivity contribution in [3.05, 3.63) is 47.4 Å². The number of hydrogen-bond acceptors (Lipinski definition) is 5. The van der Waals surface area contributed by atoms with E-state index in [0.717, 1.165) is 17.0 Å². The molecular weight excluding hydrogens is 268 g/mol. The van der Waals surface area contributed by atoms with Gasteiger partial charge in [-0.05, 0) is 37.6 Å². The minimum atomic E-state index is -0.633. The van der Waals surface area contributed by atoms with Crippen LogP contribution in [0, 0.1) is 18.3 Å². The summed E-state index contributed by atoms with van der Waals surface area (Å²) in [5.74, 6) is 0.663. The highest BCUT2D eigenvalue weighted by Gasteiger charge is 2.22. The van der Waals surface area contributed by atoms with Gasteiger partial charge in [0.1, 0.15) is 11.6 Å². The molecule has 0 radical (unpaired) electrons. The van der Waals surface area contributed by atoms with Gasteiger partial charge in [-0.3, -0.25) is 0 Å². The molecule has 0 saturated heterocycles. The van der Waals surface area contributed by atoms with Crippen molar-refractivity contribution in [2.75, 3.05) is 18.6 Å². The van der Waals surface area contributed by atoms with E-state index in [1.807, 2.05) is 43.1 Å². The van der Waals surface area contributed by atoms with Crippen molar-refractivity contribution in [2.24, 2.45) is 0 Å².